The van der Waals surface area contributed by atoms with Crippen molar-refractivity contribution in [3.8, 4) is 0 Å². The smallest absolute Gasteiger partial charge is 0.254 e. The van der Waals surface area contributed by atoms with Crippen molar-refractivity contribution in [3.63, 3.8) is 0 Å². The van der Waals surface area contributed by atoms with E-state index in [4.69, 9.17) is 0 Å². The van der Waals surface area contributed by atoms with Crippen LogP contribution in [0.3, 0.4) is 0 Å². The highest BCUT2D eigenvalue weighted by Gasteiger charge is 2.35. The summed E-state index contributed by atoms with van der Waals surface area (Å²) in [6.45, 7) is 8.71. The van der Waals surface area contributed by atoms with Gasteiger partial charge in [-0.1, -0.05) is 42.5 Å². The SMILES string of the molecule is Cc1ccccc1C(=O)N(CC(=O)N1CCc2sccc2C1c1ccccc1C)C(C)C. The summed E-state index contributed by atoms with van der Waals surface area (Å²) in [6.07, 6.45) is 0.856. The first-order chi connectivity index (χ1) is 15.4. The molecule has 4 nitrogen and oxygen atoms in total. The average molecular weight is 447 g/mol. The standard InChI is InChI=1S/C27H30N2O2S/c1-18(2)29(27(31)22-12-8-6-10-20(22)4)17-25(30)28-15-13-24-23(14-16-32-24)26(28)21-11-7-5-9-19(21)3/h5-12,14,16,18,26H,13,15,17H2,1-4H3. The highest BCUT2D eigenvalue weighted by Crippen LogP contribution is 2.39. The zero-order valence-corrected chi connectivity index (χ0v) is 20.0. The van der Waals surface area contributed by atoms with Crippen LogP contribution in [-0.2, 0) is 11.2 Å². The first-order valence-electron chi connectivity index (χ1n) is 11.2. The molecule has 2 heterocycles. The minimum atomic E-state index is -0.110. The van der Waals surface area contributed by atoms with E-state index in [1.807, 2.05) is 62.1 Å². The van der Waals surface area contributed by atoms with E-state index in [2.05, 4.69) is 30.5 Å². The van der Waals surface area contributed by atoms with Gasteiger partial charge in [0.05, 0.1) is 6.04 Å². The number of carbonyl (C=O) groups excluding carboxylic acids is 2. The van der Waals surface area contributed by atoms with Crippen LogP contribution in [0, 0.1) is 13.8 Å². The van der Waals surface area contributed by atoms with Crippen molar-refractivity contribution in [2.24, 2.45) is 0 Å². The van der Waals surface area contributed by atoms with Crippen LogP contribution in [0.5, 0.6) is 0 Å². The molecular weight excluding hydrogens is 416 g/mol. The summed E-state index contributed by atoms with van der Waals surface area (Å²) >= 11 is 1.76. The normalized spacial score (nSPS) is 15.5. The molecule has 166 valence electrons. The van der Waals surface area contributed by atoms with Gasteiger partial charge >= 0.3 is 0 Å². The molecule has 0 spiro atoms. The number of fused-ring (bicyclic) bond motifs is 1. The lowest BCUT2D eigenvalue weighted by atomic mass is 9.90. The molecule has 0 bridgehead atoms. The van der Waals surface area contributed by atoms with E-state index in [1.165, 1.54) is 16.0 Å². The number of nitrogens with zero attached hydrogens (tertiary/aromatic N) is 2. The maximum Gasteiger partial charge on any atom is 0.254 e. The summed E-state index contributed by atoms with van der Waals surface area (Å²) in [7, 11) is 0. The number of rotatable bonds is 5. The number of hydrogen-bond acceptors (Lipinski definition) is 3. The van der Waals surface area contributed by atoms with Crippen LogP contribution in [0.15, 0.2) is 60.0 Å². The molecule has 3 aromatic rings. The second-order valence-electron chi connectivity index (χ2n) is 8.74. The van der Waals surface area contributed by atoms with E-state index in [0.29, 0.717) is 12.1 Å². The highest BCUT2D eigenvalue weighted by atomic mass is 32.1. The van der Waals surface area contributed by atoms with Crippen LogP contribution in [0.4, 0.5) is 0 Å². The topological polar surface area (TPSA) is 40.6 Å². The third-order valence-corrected chi connectivity index (χ3v) is 7.33. The molecule has 32 heavy (non-hydrogen) atoms. The van der Waals surface area contributed by atoms with Crippen molar-refractivity contribution >= 4 is 23.2 Å². The number of thiophene rings is 1. The molecule has 1 unspecified atom stereocenters. The predicted octanol–water partition coefficient (Wildman–Crippen LogP) is 5.39. The van der Waals surface area contributed by atoms with E-state index in [-0.39, 0.29) is 30.4 Å². The van der Waals surface area contributed by atoms with E-state index < -0.39 is 0 Å². The molecule has 1 aliphatic heterocycles. The summed E-state index contributed by atoms with van der Waals surface area (Å²) in [6, 6.07) is 17.8. The number of hydrogen-bond donors (Lipinski definition) is 0. The molecule has 1 atom stereocenters. The first-order valence-corrected chi connectivity index (χ1v) is 12.0. The molecule has 5 heteroatoms. The van der Waals surface area contributed by atoms with Gasteiger partial charge in [0.2, 0.25) is 5.91 Å². The number of benzene rings is 2. The number of aryl methyl sites for hydroxylation is 2. The third kappa shape index (κ3) is 4.22. The molecular formula is C27H30N2O2S. The average Bonchev–Trinajstić information content (AvgIpc) is 3.26. The summed E-state index contributed by atoms with van der Waals surface area (Å²) < 4.78 is 0. The zero-order valence-electron chi connectivity index (χ0n) is 19.2. The van der Waals surface area contributed by atoms with Gasteiger partial charge in [0.15, 0.2) is 0 Å². The Hall–Kier alpha value is -2.92. The molecule has 1 aliphatic rings. The van der Waals surface area contributed by atoms with Crippen molar-refractivity contribution < 1.29 is 9.59 Å². The molecule has 0 N–H and O–H groups in total. The van der Waals surface area contributed by atoms with Gasteiger partial charge in [-0.2, -0.15) is 0 Å². The molecule has 0 radical (unpaired) electrons. The van der Waals surface area contributed by atoms with Crippen molar-refractivity contribution in [2.75, 3.05) is 13.1 Å². The van der Waals surface area contributed by atoms with Crippen LogP contribution in [0.2, 0.25) is 0 Å². The van der Waals surface area contributed by atoms with Crippen molar-refractivity contribution in [2.45, 2.75) is 46.2 Å². The van der Waals surface area contributed by atoms with Crippen molar-refractivity contribution in [1.82, 2.24) is 9.80 Å². The molecule has 0 aliphatic carbocycles. The Morgan fingerprint density at radius 3 is 2.38 bits per heavy atom. The van der Waals surface area contributed by atoms with E-state index in [0.717, 1.165) is 17.5 Å². The Bertz CT molecular complexity index is 1130. The maximum atomic E-state index is 13.7. The largest absolute Gasteiger partial charge is 0.330 e. The van der Waals surface area contributed by atoms with Crippen LogP contribution < -0.4 is 0 Å². The maximum absolute atomic E-state index is 13.7. The summed E-state index contributed by atoms with van der Waals surface area (Å²) in [5, 5.41) is 2.12. The van der Waals surface area contributed by atoms with Crippen LogP contribution in [0.25, 0.3) is 0 Å². The minimum absolute atomic E-state index is 0.00858. The van der Waals surface area contributed by atoms with Gasteiger partial charge in [-0.15, -0.1) is 11.3 Å². The van der Waals surface area contributed by atoms with Crippen molar-refractivity contribution in [3.05, 3.63) is 92.7 Å². The predicted molar refractivity (Wildman–Crippen MR) is 130 cm³/mol. The Morgan fingerprint density at radius 2 is 1.69 bits per heavy atom. The Labute approximate surface area is 194 Å². The monoisotopic (exact) mass is 446 g/mol. The molecule has 0 saturated carbocycles. The van der Waals surface area contributed by atoms with Gasteiger partial charge in [-0.3, -0.25) is 9.59 Å². The lowest BCUT2D eigenvalue weighted by molar-refractivity contribution is -0.134. The van der Waals surface area contributed by atoms with E-state index >= 15 is 0 Å². The van der Waals surface area contributed by atoms with Crippen molar-refractivity contribution in [1.29, 1.82) is 0 Å². The highest BCUT2D eigenvalue weighted by molar-refractivity contribution is 7.10. The van der Waals surface area contributed by atoms with Gasteiger partial charge in [0.1, 0.15) is 6.54 Å². The van der Waals surface area contributed by atoms with Gasteiger partial charge in [-0.05, 0) is 73.9 Å². The Morgan fingerprint density at radius 1 is 1.00 bits per heavy atom. The number of amides is 2. The fraction of sp³-hybridized carbons (Fsp3) is 0.333. The fourth-order valence-corrected chi connectivity index (χ4v) is 5.41. The van der Waals surface area contributed by atoms with E-state index in [9.17, 15) is 9.59 Å². The Balaban J connectivity index is 1.65. The van der Waals surface area contributed by atoms with Gasteiger partial charge in [-0.25, -0.2) is 0 Å². The summed E-state index contributed by atoms with van der Waals surface area (Å²) in [4.78, 5) is 32.1. The lowest BCUT2D eigenvalue weighted by Gasteiger charge is -2.38. The van der Waals surface area contributed by atoms with Crippen LogP contribution >= 0.6 is 11.3 Å². The molecule has 1 aromatic heterocycles. The van der Waals surface area contributed by atoms with Gasteiger partial charge < -0.3 is 9.80 Å². The summed E-state index contributed by atoms with van der Waals surface area (Å²) in [5.74, 6) is -0.0992. The lowest BCUT2D eigenvalue weighted by Crippen LogP contribution is -2.48. The zero-order chi connectivity index (χ0) is 22.8. The Kier molecular flexibility index (Phi) is 6.47. The molecule has 2 amide bonds. The second-order valence-corrected chi connectivity index (χ2v) is 9.74. The van der Waals surface area contributed by atoms with E-state index in [1.54, 1.807) is 16.2 Å². The minimum Gasteiger partial charge on any atom is -0.330 e. The molecule has 0 saturated heterocycles. The molecule has 0 fully saturated rings. The number of carbonyl (C=O) groups is 2. The van der Waals surface area contributed by atoms with Gasteiger partial charge in [0, 0.05) is 23.0 Å². The molecule has 4 rings (SSSR count). The quantitative estimate of drug-likeness (QED) is 0.527. The third-order valence-electron chi connectivity index (χ3n) is 6.33. The van der Waals surface area contributed by atoms with Gasteiger partial charge in [0.25, 0.3) is 5.91 Å². The molecule has 2 aromatic carbocycles. The second kappa shape index (κ2) is 9.29. The van der Waals surface area contributed by atoms with Crippen LogP contribution in [0.1, 0.15) is 57.4 Å². The fourth-order valence-electron chi connectivity index (χ4n) is 4.51. The summed E-state index contributed by atoms with van der Waals surface area (Å²) in [5.41, 5.74) is 5.12. The van der Waals surface area contributed by atoms with Crippen LogP contribution in [-0.4, -0.2) is 40.7 Å². The first kappa shape index (κ1) is 22.3.